The summed E-state index contributed by atoms with van der Waals surface area (Å²) < 4.78 is 10.9. The molecule has 4 N–H and O–H groups in total. The first-order valence-corrected chi connectivity index (χ1v) is 11.2. The summed E-state index contributed by atoms with van der Waals surface area (Å²) in [5.41, 5.74) is 7.71. The number of nitrogens with two attached hydrogens (primary N) is 1. The zero-order chi connectivity index (χ0) is 23.1. The summed E-state index contributed by atoms with van der Waals surface area (Å²) >= 11 is 6.06. The highest BCUT2D eigenvalue weighted by Crippen LogP contribution is 2.29. The van der Waals surface area contributed by atoms with Gasteiger partial charge in [0, 0.05) is 19.2 Å². The first-order chi connectivity index (χ1) is 15.4. The van der Waals surface area contributed by atoms with Gasteiger partial charge in [-0.3, -0.25) is 4.79 Å². The van der Waals surface area contributed by atoms with E-state index in [1.54, 1.807) is 6.07 Å². The van der Waals surface area contributed by atoms with Crippen molar-refractivity contribution in [2.24, 2.45) is 5.92 Å². The molecule has 1 aliphatic heterocycles. The van der Waals surface area contributed by atoms with E-state index in [0.717, 1.165) is 31.7 Å². The van der Waals surface area contributed by atoms with Crippen LogP contribution in [0.2, 0.25) is 5.02 Å². The Morgan fingerprint density at radius 1 is 1.28 bits per heavy atom. The molecule has 7 nitrogen and oxygen atoms in total. The third-order valence-electron chi connectivity index (χ3n) is 5.75. The highest BCUT2D eigenvalue weighted by Gasteiger charge is 2.23. The van der Waals surface area contributed by atoms with Crippen LogP contribution in [0.4, 0.5) is 5.69 Å². The Morgan fingerprint density at radius 3 is 2.62 bits per heavy atom. The molecule has 2 aromatic carbocycles. The number of β-amino-alcohol motifs (C(OH)–C–C–N with tert-alkyl or cyclic N) is 1. The van der Waals surface area contributed by atoms with Crippen molar-refractivity contribution in [1.29, 1.82) is 0 Å². The fourth-order valence-corrected chi connectivity index (χ4v) is 3.96. The lowest BCUT2D eigenvalue weighted by Crippen LogP contribution is -2.42. The maximum Gasteiger partial charge on any atom is 0.255 e. The first kappa shape index (κ1) is 24.2. The summed E-state index contributed by atoms with van der Waals surface area (Å²) in [6.45, 7) is 5.20. The smallest absolute Gasteiger partial charge is 0.255 e. The Balaban J connectivity index is 1.39. The van der Waals surface area contributed by atoms with Crippen LogP contribution >= 0.6 is 11.6 Å². The lowest BCUT2D eigenvalue weighted by atomic mass is 9.96. The van der Waals surface area contributed by atoms with Crippen LogP contribution in [0.1, 0.15) is 28.8 Å². The second-order valence-electron chi connectivity index (χ2n) is 8.31. The average molecular weight is 462 g/mol. The maximum absolute atomic E-state index is 12.6. The van der Waals surface area contributed by atoms with Crippen molar-refractivity contribution >= 4 is 23.2 Å². The number of nitrogen functional groups attached to an aromatic ring is 1. The topological polar surface area (TPSA) is 97.0 Å². The Kier molecular flexibility index (Phi) is 8.61. The van der Waals surface area contributed by atoms with Crippen molar-refractivity contribution in [1.82, 2.24) is 10.2 Å². The van der Waals surface area contributed by atoms with Crippen molar-refractivity contribution in [3.8, 4) is 11.5 Å². The number of carbonyl (C=O) groups excluding carboxylic acids is 1. The number of rotatable bonds is 9. The molecule has 1 atom stereocenters. The van der Waals surface area contributed by atoms with Gasteiger partial charge in [0.25, 0.3) is 5.91 Å². The molecule has 1 aliphatic rings. The Labute approximate surface area is 194 Å². The molecule has 174 valence electrons. The molecule has 0 aliphatic carbocycles. The predicted molar refractivity (Wildman–Crippen MR) is 127 cm³/mol. The Hall–Kier alpha value is -2.48. The predicted octanol–water partition coefficient (Wildman–Crippen LogP) is 3.12. The number of piperidine rings is 1. The van der Waals surface area contributed by atoms with Crippen molar-refractivity contribution < 1.29 is 19.4 Å². The van der Waals surface area contributed by atoms with Crippen LogP contribution in [0.3, 0.4) is 0 Å². The number of benzene rings is 2. The standard InChI is InChI=1S/C24H32ClN3O4/c1-16-3-5-19(6-4-16)32-15-18(29)14-28-9-7-17(8-10-28)13-27-24(30)20-11-21(25)22(26)12-23(20)31-2/h3-6,11-12,17-18,29H,7-10,13-15,26H2,1-2H3,(H,27,30). The van der Waals surface area contributed by atoms with E-state index in [0.29, 0.717) is 41.0 Å². The number of ether oxygens (including phenoxy) is 2. The molecule has 3 rings (SSSR count). The fourth-order valence-electron chi connectivity index (χ4n) is 3.80. The SMILES string of the molecule is COc1cc(N)c(Cl)cc1C(=O)NCC1CCN(CC(O)COc2ccc(C)cc2)CC1. The minimum Gasteiger partial charge on any atom is -0.496 e. The lowest BCUT2D eigenvalue weighted by molar-refractivity contribution is 0.0548. The number of nitrogens with one attached hydrogen (secondary N) is 1. The molecule has 32 heavy (non-hydrogen) atoms. The van der Waals surface area contributed by atoms with E-state index in [-0.39, 0.29) is 12.5 Å². The van der Waals surface area contributed by atoms with Crippen LogP contribution in [-0.2, 0) is 0 Å². The van der Waals surface area contributed by atoms with E-state index < -0.39 is 6.10 Å². The van der Waals surface area contributed by atoms with E-state index in [4.69, 9.17) is 26.8 Å². The molecule has 0 bridgehead atoms. The number of amides is 1. The summed E-state index contributed by atoms with van der Waals surface area (Å²) in [6.07, 6.45) is 1.35. The summed E-state index contributed by atoms with van der Waals surface area (Å²) in [4.78, 5) is 14.8. The second kappa shape index (κ2) is 11.4. The monoisotopic (exact) mass is 461 g/mol. The van der Waals surface area contributed by atoms with Gasteiger partial charge < -0.3 is 30.5 Å². The van der Waals surface area contributed by atoms with Crippen LogP contribution in [0.15, 0.2) is 36.4 Å². The third-order valence-corrected chi connectivity index (χ3v) is 6.08. The quantitative estimate of drug-likeness (QED) is 0.496. The molecular formula is C24H32ClN3O4. The summed E-state index contributed by atoms with van der Waals surface area (Å²) in [5, 5.41) is 13.6. The average Bonchev–Trinajstić information content (AvgIpc) is 2.79. The van der Waals surface area contributed by atoms with Gasteiger partial charge in [-0.2, -0.15) is 0 Å². The maximum atomic E-state index is 12.6. The number of hydrogen-bond acceptors (Lipinski definition) is 6. The van der Waals surface area contributed by atoms with Gasteiger partial charge in [0.2, 0.25) is 0 Å². The number of nitrogens with zero attached hydrogens (tertiary/aromatic N) is 1. The van der Waals surface area contributed by atoms with Gasteiger partial charge >= 0.3 is 0 Å². The fraction of sp³-hybridized carbons (Fsp3) is 0.458. The van der Waals surface area contributed by atoms with Crippen molar-refractivity contribution in [3.05, 3.63) is 52.5 Å². The van der Waals surface area contributed by atoms with Crippen LogP contribution in [0.5, 0.6) is 11.5 Å². The van der Waals surface area contributed by atoms with Crippen molar-refractivity contribution in [2.45, 2.75) is 25.9 Å². The molecule has 8 heteroatoms. The summed E-state index contributed by atoms with van der Waals surface area (Å²) in [5.74, 6) is 1.32. The van der Waals surface area contributed by atoms with Gasteiger partial charge in [0.05, 0.1) is 23.4 Å². The van der Waals surface area contributed by atoms with E-state index in [9.17, 15) is 9.90 Å². The number of anilines is 1. The van der Waals surface area contributed by atoms with Gasteiger partial charge in [-0.15, -0.1) is 0 Å². The number of aryl methyl sites for hydroxylation is 1. The lowest BCUT2D eigenvalue weighted by Gasteiger charge is -2.33. The van der Waals surface area contributed by atoms with Gasteiger partial charge in [-0.1, -0.05) is 29.3 Å². The number of likely N-dealkylation sites (tertiary alicyclic amines) is 1. The van der Waals surface area contributed by atoms with Gasteiger partial charge in [-0.25, -0.2) is 0 Å². The highest BCUT2D eigenvalue weighted by atomic mass is 35.5. The Bertz CT molecular complexity index is 899. The number of halogens is 1. The minimum absolute atomic E-state index is 0.227. The molecular weight excluding hydrogens is 430 g/mol. The number of carbonyl (C=O) groups is 1. The van der Waals surface area contributed by atoms with Crippen molar-refractivity contribution in [3.63, 3.8) is 0 Å². The number of methoxy groups -OCH3 is 1. The van der Waals surface area contributed by atoms with Gasteiger partial charge in [0.1, 0.15) is 24.2 Å². The van der Waals surface area contributed by atoms with Crippen LogP contribution in [0, 0.1) is 12.8 Å². The van der Waals surface area contributed by atoms with Crippen LogP contribution in [0.25, 0.3) is 0 Å². The van der Waals surface area contributed by atoms with E-state index in [1.807, 2.05) is 31.2 Å². The zero-order valence-electron chi connectivity index (χ0n) is 18.6. The molecule has 1 saturated heterocycles. The van der Waals surface area contributed by atoms with Gasteiger partial charge in [0.15, 0.2) is 0 Å². The molecule has 0 spiro atoms. The first-order valence-electron chi connectivity index (χ1n) is 10.9. The minimum atomic E-state index is -0.546. The van der Waals surface area contributed by atoms with E-state index in [1.165, 1.54) is 18.7 Å². The van der Waals surface area contributed by atoms with E-state index in [2.05, 4.69) is 10.2 Å². The molecule has 0 saturated carbocycles. The second-order valence-corrected chi connectivity index (χ2v) is 8.71. The molecule has 0 aromatic heterocycles. The molecule has 0 radical (unpaired) electrons. The largest absolute Gasteiger partial charge is 0.496 e. The van der Waals surface area contributed by atoms with Crippen LogP contribution < -0.4 is 20.5 Å². The van der Waals surface area contributed by atoms with Crippen molar-refractivity contribution in [2.75, 3.05) is 45.6 Å². The normalized spacial score (nSPS) is 15.9. The summed E-state index contributed by atoms with van der Waals surface area (Å²) in [7, 11) is 1.50. The highest BCUT2D eigenvalue weighted by molar-refractivity contribution is 6.33. The molecule has 2 aromatic rings. The van der Waals surface area contributed by atoms with Crippen LogP contribution in [-0.4, -0.2) is 61.9 Å². The van der Waals surface area contributed by atoms with E-state index >= 15 is 0 Å². The molecule has 1 heterocycles. The molecule has 1 unspecified atom stereocenters. The molecule has 1 amide bonds. The van der Waals surface area contributed by atoms with Gasteiger partial charge in [-0.05, 0) is 57.0 Å². The third kappa shape index (κ3) is 6.76. The Morgan fingerprint density at radius 2 is 1.97 bits per heavy atom. The summed E-state index contributed by atoms with van der Waals surface area (Å²) in [6, 6.07) is 10.9. The zero-order valence-corrected chi connectivity index (χ0v) is 19.4. The number of hydrogen-bond donors (Lipinski definition) is 3. The molecule has 1 fully saturated rings. The number of aliphatic hydroxyl groups is 1. The number of aliphatic hydroxyl groups excluding tert-OH is 1.